The van der Waals surface area contributed by atoms with Crippen molar-refractivity contribution < 1.29 is 42.7 Å². The van der Waals surface area contributed by atoms with Gasteiger partial charge in [-0.1, -0.05) is 51.1 Å². The molecule has 0 aliphatic carbocycles. The average Bonchev–Trinajstić information content (AvgIpc) is 3.64. The van der Waals surface area contributed by atoms with Crippen molar-refractivity contribution in [1.29, 1.82) is 0 Å². The van der Waals surface area contributed by atoms with Gasteiger partial charge in [-0.3, -0.25) is 28.9 Å². The summed E-state index contributed by atoms with van der Waals surface area (Å²) in [5.41, 5.74) is 7.64. The minimum Gasteiger partial charge on any atom is -0.480 e. The molecule has 13 nitrogen and oxygen atoms in total. The van der Waals surface area contributed by atoms with Crippen molar-refractivity contribution in [3.63, 3.8) is 0 Å². The predicted octanol–water partition coefficient (Wildman–Crippen LogP) is 3.14. The van der Waals surface area contributed by atoms with Crippen molar-refractivity contribution in [3.05, 3.63) is 95.8 Å². The zero-order chi connectivity index (χ0) is 39.0. The van der Waals surface area contributed by atoms with Gasteiger partial charge in [0.2, 0.25) is 17.7 Å². The molecule has 0 bridgehead atoms. The molecule has 15 heteroatoms. The van der Waals surface area contributed by atoms with Gasteiger partial charge in [0, 0.05) is 61.7 Å². The van der Waals surface area contributed by atoms with Crippen molar-refractivity contribution in [2.45, 2.75) is 65.2 Å². The standard InChI is InChI=1S/C38H44F2N6O7/c1-23(47)45(17-15-29(41)36(51)43-30(37(52)53)14-16-42-32(48)22-46-33(49)12-13-34(46)50)35(38(2,3)4)31-18-25(27-19-26(39)10-11-28(27)40)21-44(31)20-24-8-6-5-7-9-24/h5-13,18-19,21,29-30,35H,14-17,20,22,41H2,1-4H3,(H,42,48)(H,43,51)(H,52,53)/t29-,30+,35-/m0/s1. The number of nitrogens with zero attached hydrogens (tertiary/aromatic N) is 3. The van der Waals surface area contributed by atoms with Gasteiger partial charge >= 0.3 is 5.97 Å². The van der Waals surface area contributed by atoms with Gasteiger partial charge in [0.25, 0.3) is 11.8 Å². The molecule has 0 spiro atoms. The Morgan fingerprint density at radius 3 is 2.23 bits per heavy atom. The normalized spacial score (nSPS) is 14.5. The average molecular weight is 735 g/mol. The summed E-state index contributed by atoms with van der Waals surface area (Å²) in [7, 11) is 0. The molecule has 53 heavy (non-hydrogen) atoms. The summed E-state index contributed by atoms with van der Waals surface area (Å²) in [5.74, 6) is -5.71. The fourth-order valence-electron chi connectivity index (χ4n) is 6.17. The van der Waals surface area contributed by atoms with Gasteiger partial charge in [-0.2, -0.15) is 0 Å². The molecular weight excluding hydrogens is 690 g/mol. The minimum absolute atomic E-state index is 0.0113. The van der Waals surface area contributed by atoms with Crippen molar-refractivity contribution in [2.75, 3.05) is 19.6 Å². The zero-order valence-electron chi connectivity index (χ0n) is 30.0. The summed E-state index contributed by atoms with van der Waals surface area (Å²) in [6.07, 6.45) is 3.50. The first kappa shape index (κ1) is 40.1. The minimum atomic E-state index is -1.43. The van der Waals surface area contributed by atoms with E-state index in [0.717, 1.165) is 40.8 Å². The van der Waals surface area contributed by atoms with Gasteiger partial charge in [0.05, 0.1) is 12.1 Å². The van der Waals surface area contributed by atoms with Crippen molar-refractivity contribution in [1.82, 2.24) is 25.0 Å². The second-order valence-electron chi connectivity index (χ2n) is 13.9. The number of carbonyl (C=O) groups excluding carboxylic acids is 5. The zero-order valence-corrected chi connectivity index (χ0v) is 30.0. The Hall–Kier alpha value is -5.70. The number of nitrogens with one attached hydrogen (secondary N) is 2. The van der Waals surface area contributed by atoms with E-state index in [4.69, 9.17) is 5.73 Å². The largest absolute Gasteiger partial charge is 0.480 e. The first-order valence-electron chi connectivity index (χ1n) is 17.0. The molecule has 5 N–H and O–H groups in total. The van der Waals surface area contributed by atoms with Gasteiger partial charge in [0.1, 0.15) is 24.2 Å². The number of aromatic nitrogens is 1. The summed E-state index contributed by atoms with van der Waals surface area (Å²) in [4.78, 5) is 76.2. The second-order valence-corrected chi connectivity index (χ2v) is 13.9. The predicted molar refractivity (Wildman–Crippen MR) is 191 cm³/mol. The highest BCUT2D eigenvalue weighted by Crippen LogP contribution is 2.41. The molecule has 4 rings (SSSR count). The summed E-state index contributed by atoms with van der Waals surface area (Å²) < 4.78 is 31.2. The molecule has 5 amide bonds. The van der Waals surface area contributed by atoms with Crippen molar-refractivity contribution in [2.24, 2.45) is 11.1 Å². The molecular formula is C38H44F2N6O7. The first-order chi connectivity index (χ1) is 25.0. The highest BCUT2D eigenvalue weighted by atomic mass is 19.1. The van der Waals surface area contributed by atoms with Gasteiger partial charge in [-0.25, -0.2) is 13.6 Å². The third-order valence-electron chi connectivity index (χ3n) is 8.77. The van der Waals surface area contributed by atoms with Crippen LogP contribution < -0.4 is 16.4 Å². The Bertz CT molecular complexity index is 1870. The number of hydrogen-bond donors (Lipinski definition) is 4. The van der Waals surface area contributed by atoms with Crippen LogP contribution in [0.15, 0.2) is 72.9 Å². The van der Waals surface area contributed by atoms with E-state index in [2.05, 4.69) is 10.6 Å². The maximum Gasteiger partial charge on any atom is 0.326 e. The van der Waals surface area contributed by atoms with Crippen LogP contribution in [0.2, 0.25) is 0 Å². The number of carboxylic acids is 1. The van der Waals surface area contributed by atoms with Crippen LogP contribution in [-0.4, -0.2) is 86.7 Å². The fraction of sp³-hybridized carbons (Fsp3) is 0.368. The van der Waals surface area contributed by atoms with Gasteiger partial charge in [0.15, 0.2) is 0 Å². The van der Waals surface area contributed by atoms with Crippen LogP contribution in [0.5, 0.6) is 0 Å². The number of amides is 5. The molecule has 1 aromatic heterocycles. The van der Waals surface area contributed by atoms with Crippen molar-refractivity contribution >= 4 is 35.5 Å². The maximum atomic E-state index is 15.0. The van der Waals surface area contributed by atoms with Gasteiger partial charge in [-0.15, -0.1) is 0 Å². The number of hydrogen-bond acceptors (Lipinski definition) is 7. The van der Waals surface area contributed by atoms with Crippen molar-refractivity contribution in [3.8, 4) is 11.1 Å². The summed E-state index contributed by atoms with van der Waals surface area (Å²) >= 11 is 0. The molecule has 2 heterocycles. The van der Waals surface area contributed by atoms with E-state index in [0.29, 0.717) is 17.8 Å². The van der Waals surface area contributed by atoms with Crippen LogP contribution in [0.3, 0.4) is 0 Å². The number of halogens is 2. The van der Waals surface area contributed by atoms with E-state index in [-0.39, 0.29) is 37.4 Å². The van der Waals surface area contributed by atoms with Crippen LogP contribution >= 0.6 is 0 Å². The molecule has 0 unspecified atom stereocenters. The molecule has 0 radical (unpaired) electrons. The highest BCUT2D eigenvalue weighted by Gasteiger charge is 2.37. The molecule has 1 aliphatic rings. The molecule has 0 fully saturated rings. The fourth-order valence-corrected chi connectivity index (χ4v) is 6.17. The highest BCUT2D eigenvalue weighted by molar-refractivity contribution is 6.14. The van der Waals surface area contributed by atoms with E-state index in [1.165, 1.54) is 6.92 Å². The van der Waals surface area contributed by atoms with E-state index in [9.17, 15) is 38.3 Å². The molecule has 2 aromatic carbocycles. The Morgan fingerprint density at radius 2 is 1.62 bits per heavy atom. The van der Waals surface area contributed by atoms with Crippen LogP contribution in [0.25, 0.3) is 11.1 Å². The number of aliphatic carboxylic acids is 1. The number of imide groups is 1. The number of benzene rings is 2. The Morgan fingerprint density at radius 1 is 0.962 bits per heavy atom. The number of carbonyl (C=O) groups is 6. The Kier molecular flexibility index (Phi) is 13.0. The topological polar surface area (TPSA) is 184 Å². The third kappa shape index (κ3) is 10.4. The number of carboxylic acid groups (broad SMARTS) is 1. The lowest BCUT2D eigenvalue weighted by molar-refractivity contribution is -0.142. The van der Waals surface area contributed by atoms with E-state index >= 15 is 4.39 Å². The Balaban J connectivity index is 1.50. The third-order valence-corrected chi connectivity index (χ3v) is 8.77. The lowest BCUT2D eigenvalue weighted by Crippen LogP contribution is -2.51. The summed E-state index contributed by atoms with van der Waals surface area (Å²) in [5, 5.41) is 14.5. The quantitative estimate of drug-likeness (QED) is 0.162. The number of rotatable bonds is 16. The monoisotopic (exact) mass is 734 g/mol. The molecule has 282 valence electrons. The van der Waals surface area contributed by atoms with E-state index in [1.807, 2.05) is 55.7 Å². The van der Waals surface area contributed by atoms with Gasteiger partial charge < -0.3 is 30.9 Å². The molecule has 3 aromatic rings. The smallest absolute Gasteiger partial charge is 0.326 e. The van der Waals surface area contributed by atoms with Crippen LogP contribution in [0.4, 0.5) is 8.78 Å². The van der Waals surface area contributed by atoms with Crippen LogP contribution in [-0.2, 0) is 35.3 Å². The summed E-state index contributed by atoms with van der Waals surface area (Å²) in [6.45, 7) is 6.78. The Labute approximate surface area is 305 Å². The lowest BCUT2D eigenvalue weighted by Gasteiger charge is -2.41. The van der Waals surface area contributed by atoms with Gasteiger partial charge in [-0.05, 0) is 48.1 Å². The lowest BCUT2D eigenvalue weighted by atomic mass is 9.82. The molecule has 3 atom stereocenters. The van der Waals surface area contributed by atoms with Crippen LogP contribution in [0, 0.1) is 17.0 Å². The number of nitrogens with two attached hydrogens (primary N) is 1. The first-order valence-corrected chi connectivity index (χ1v) is 17.0. The SMILES string of the molecule is CC(=O)N(CC[C@H](N)C(=O)N[C@H](CCNC(=O)CN1C(=O)C=CC1=O)C(=O)O)[C@@H](c1cc(-c2cc(F)ccc2F)cn1Cc1ccccc1)C(C)(C)C. The van der Waals surface area contributed by atoms with E-state index in [1.54, 1.807) is 17.2 Å². The van der Waals surface area contributed by atoms with Crippen LogP contribution in [0.1, 0.15) is 57.8 Å². The second kappa shape index (κ2) is 17.2. The molecule has 1 aliphatic heterocycles. The summed E-state index contributed by atoms with van der Waals surface area (Å²) in [6, 6.07) is 11.1. The van der Waals surface area contributed by atoms with E-state index < -0.39 is 71.3 Å². The maximum absolute atomic E-state index is 15.0. The molecule has 0 saturated carbocycles. The molecule has 0 saturated heterocycles.